The molecule has 1 spiro atoms. The van der Waals surface area contributed by atoms with E-state index in [1.54, 1.807) is 0 Å². The van der Waals surface area contributed by atoms with Crippen LogP contribution in [0.15, 0.2) is 30.3 Å². The van der Waals surface area contributed by atoms with Gasteiger partial charge in [0.1, 0.15) is 0 Å². The Bertz CT molecular complexity index is 776. The van der Waals surface area contributed by atoms with Gasteiger partial charge in [-0.3, -0.25) is 4.90 Å². The zero-order valence-corrected chi connectivity index (χ0v) is 17.8. The summed E-state index contributed by atoms with van der Waals surface area (Å²) >= 11 is 0. The highest BCUT2D eigenvalue weighted by Gasteiger charge is 2.45. The number of likely N-dealkylation sites (tertiary alicyclic amines) is 1. The molecule has 28 heavy (non-hydrogen) atoms. The molecule has 1 N–H and O–H groups in total. The highest BCUT2D eigenvalue weighted by atomic mass is 15.2. The predicted octanol–water partition coefficient (Wildman–Crippen LogP) is 5.07. The molecule has 4 heteroatoms. The summed E-state index contributed by atoms with van der Waals surface area (Å²) in [6.45, 7) is 12.1. The SMILES string of the molecule is Cc1cc(C)nc(NC2CC3(CCN(Cc4ccc(C(C)C)cc4)CC3)C2)n1. The summed E-state index contributed by atoms with van der Waals surface area (Å²) in [7, 11) is 0. The second-order valence-corrected chi connectivity index (χ2v) is 9.40. The van der Waals surface area contributed by atoms with E-state index in [9.17, 15) is 0 Å². The van der Waals surface area contributed by atoms with Gasteiger partial charge in [0.05, 0.1) is 0 Å². The molecule has 1 aromatic carbocycles. The standard InChI is InChI=1S/C24H34N4/c1-17(2)21-7-5-20(6-8-21)16-28-11-9-24(10-12-28)14-22(15-24)27-23-25-18(3)13-19(4)26-23/h5-8,13,17,22H,9-12,14-16H2,1-4H3,(H,25,26,27). The minimum Gasteiger partial charge on any atom is -0.351 e. The van der Waals surface area contributed by atoms with Crippen molar-refractivity contribution in [1.82, 2.24) is 14.9 Å². The van der Waals surface area contributed by atoms with Crippen molar-refractivity contribution < 1.29 is 0 Å². The molecule has 2 aliphatic rings. The molecule has 0 amide bonds. The molecule has 0 bridgehead atoms. The summed E-state index contributed by atoms with van der Waals surface area (Å²) in [6, 6.07) is 11.8. The van der Waals surface area contributed by atoms with E-state index in [0.717, 1.165) is 23.9 Å². The van der Waals surface area contributed by atoms with Gasteiger partial charge in [-0.2, -0.15) is 0 Å². The van der Waals surface area contributed by atoms with Gasteiger partial charge in [0.2, 0.25) is 5.95 Å². The van der Waals surface area contributed by atoms with Crippen molar-refractivity contribution in [3.63, 3.8) is 0 Å². The van der Waals surface area contributed by atoms with Crippen LogP contribution in [0.4, 0.5) is 5.95 Å². The van der Waals surface area contributed by atoms with Crippen LogP contribution in [0, 0.1) is 19.3 Å². The van der Waals surface area contributed by atoms with Crippen molar-refractivity contribution in [1.29, 1.82) is 0 Å². The molecule has 1 aromatic heterocycles. The Balaban J connectivity index is 1.24. The lowest BCUT2D eigenvalue weighted by molar-refractivity contribution is 0.0209. The fraction of sp³-hybridized carbons (Fsp3) is 0.583. The normalized spacial score (nSPS) is 19.8. The number of hydrogen-bond acceptors (Lipinski definition) is 4. The third-order valence-electron chi connectivity index (χ3n) is 6.64. The molecule has 1 aliphatic carbocycles. The van der Waals surface area contributed by atoms with E-state index in [0.29, 0.717) is 17.4 Å². The van der Waals surface area contributed by atoms with Crippen LogP contribution in [0.1, 0.15) is 68.0 Å². The zero-order chi connectivity index (χ0) is 19.7. The number of aryl methyl sites for hydroxylation is 2. The fourth-order valence-corrected chi connectivity index (χ4v) is 4.92. The Morgan fingerprint density at radius 2 is 1.64 bits per heavy atom. The molecule has 2 fully saturated rings. The highest BCUT2D eigenvalue weighted by Crippen LogP contribution is 2.50. The predicted molar refractivity (Wildman–Crippen MR) is 116 cm³/mol. The number of nitrogens with one attached hydrogen (secondary N) is 1. The largest absolute Gasteiger partial charge is 0.351 e. The van der Waals surface area contributed by atoms with E-state index < -0.39 is 0 Å². The average molecular weight is 379 g/mol. The van der Waals surface area contributed by atoms with Crippen LogP contribution in [0.3, 0.4) is 0 Å². The fourth-order valence-electron chi connectivity index (χ4n) is 4.92. The Morgan fingerprint density at radius 1 is 1.04 bits per heavy atom. The van der Waals surface area contributed by atoms with Gasteiger partial charge in [-0.05, 0) is 81.1 Å². The molecule has 0 unspecified atom stereocenters. The van der Waals surface area contributed by atoms with E-state index in [-0.39, 0.29) is 0 Å². The van der Waals surface area contributed by atoms with Crippen LogP contribution in [0.25, 0.3) is 0 Å². The molecular formula is C24H34N4. The number of rotatable bonds is 5. The first-order valence-corrected chi connectivity index (χ1v) is 10.8. The summed E-state index contributed by atoms with van der Waals surface area (Å²) in [6.07, 6.45) is 5.17. The minimum atomic E-state index is 0.538. The molecule has 0 atom stereocenters. The van der Waals surface area contributed by atoms with Gasteiger partial charge in [0.15, 0.2) is 0 Å². The summed E-state index contributed by atoms with van der Waals surface area (Å²) in [4.78, 5) is 11.7. The highest BCUT2D eigenvalue weighted by molar-refractivity contribution is 5.31. The lowest BCUT2D eigenvalue weighted by atomic mass is 9.60. The molecule has 4 nitrogen and oxygen atoms in total. The Morgan fingerprint density at radius 3 is 2.21 bits per heavy atom. The summed E-state index contributed by atoms with van der Waals surface area (Å²) in [5, 5.41) is 3.56. The van der Waals surface area contributed by atoms with E-state index >= 15 is 0 Å². The van der Waals surface area contributed by atoms with Gasteiger partial charge in [-0.1, -0.05) is 38.1 Å². The van der Waals surface area contributed by atoms with Crippen LogP contribution in [0.2, 0.25) is 0 Å². The van der Waals surface area contributed by atoms with Crippen LogP contribution in [0.5, 0.6) is 0 Å². The number of aromatic nitrogens is 2. The third-order valence-corrected chi connectivity index (χ3v) is 6.64. The second kappa shape index (κ2) is 7.82. The number of hydrogen-bond donors (Lipinski definition) is 1. The monoisotopic (exact) mass is 378 g/mol. The summed E-state index contributed by atoms with van der Waals surface area (Å²) < 4.78 is 0. The maximum atomic E-state index is 4.53. The van der Waals surface area contributed by atoms with Gasteiger partial charge in [-0.25, -0.2) is 9.97 Å². The number of nitrogens with zero attached hydrogens (tertiary/aromatic N) is 3. The van der Waals surface area contributed by atoms with Crippen molar-refractivity contribution in [3.8, 4) is 0 Å². The molecule has 1 saturated heterocycles. The third kappa shape index (κ3) is 4.38. The van der Waals surface area contributed by atoms with Crippen LogP contribution in [-0.4, -0.2) is 34.0 Å². The topological polar surface area (TPSA) is 41.1 Å². The molecule has 4 rings (SSSR count). The molecular weight excluding hydrogens is 344 g/mol. The van der Waals surface area contributed by atoms with Crippen molar-refractivity contribution in [3.05, 3.63) is 52.8 Å². The van der Waals surface area contributed by atoms with E-state index in [1.807, 2.05) is 19.9 Å². The van der Waals surface area contributed by atoms with E-state index in [4.69, 9.17) is 0 Å². The van der Waals surface area contributed by atoms with Crippen molar-refractivity contribution in [2.75, 3.05) is 18.4 Å². The average Bonchev–Trinajstić information content (AvgIpc) is 2.62. The molecule has 2 heterocycles. The first-order chi connectivity index (χ1) is 13.4. The van der Waals surface area contributed by atoms with Gasteiger partial charge in [0.25, 0.3) is 0 Å². The molecule has 1 aliphatic heterocycles. The quantitative estimate of drug-likeness (QED) is 0.788. The number of benzene rings is 1. The molecule has 2 aromatic rings. The molecule has 150 valence electrons. The smallest absolute Gasteiger partial charge is 0.223 e. The van der Waals surface area contributed by atoms with Crippen LogP contribution < -0.4 is 5.32 Å². The second-order valence-electron chi connectivity index (χ2n) is 9.40. The summed E-state index contributed by atoms with van der Waals surface area (Å²) in [5.74, 6) is 1.41. The minimum absolute atomic E-state index is 0.538. The van der Waals surface area contributed by atoms with E-state index in [1.165, 1.54) is 49.9 Å². The number of anilines is 1. The van der Waals surface area contributed by atoms with Gasteiger partial charge < -0.3 is 5.32 Å². The lowest BCUT2D eigenvalue weighted by Crippen LogP contribution is -2.51. The summed E-state index contributed by atoms with van der Waals surface area (Å²) in [5.41, 5.74) is 5.51. The first-order valence-electron chi connectivity index (χ1n) is 10.8. The van der Waals surface area contributed by atoms with Gasteiger partial charge in [0, 0.05) is 24.0 Å². The van der Waals surface area contributed by atoms with Crippen molar-refractivity contribution in [2.24, 2.45) is 5.41 Å². The van der Waals surface area contributed by atoms with E-state index in [2.05, 4.69) is 58.3 Å². The Labute approximate surface area is 169 Å². The van der Waals surface area contributed by atoms with Crippen molar-refractivity contribution >= 4 is 5.95 Å². The van der Waals surface area contributed by atoms with Crippen LogP contribution >= 0.6 is 0 Å². The maximum Gasteiger partial charge on any atom is 0.223 e. The van der Waals surface area contributed by atoms with Gasteiger partial charge >= 0.3 is 0 Å². The molecule has 0 radical (unpaired) electrons. The zero-order valence-electron chi connectivity index (χ0n) is 17.8. The Kier molecular flexibility index (Phi) is 5.42. The number of piperidine rings is 1. The van der Waals surface area contributed by atoms with Crippen molar-refractivity contribution in [2.45, 2.75) is 71.9 Å². The lowest BCUT2D eigenvalue weighted by Gasteiger charge is -2.52. The maximum absolute atomic E-state index is 4.53. The molecule has 1 saturated carbocycles. The van der Waals surface area contributed by atoms with Crippen LogP contribution in [-0.2, 0) is 6.54 Å². The van der Waals surface area contributed by atoms with Gasteiger partial charge in [-0.15, -0.1) is 0 Å². The Hall–Kier alpha value is -1.94. The first kappa shape index (κ1) is 19.4.